The van der Waals surface area contributed by atoms with Crippen LogP contribution >= 0.6 is 22.9 Å². The lowest BCUT2D eigenvalue weighted by Gasteiger charge is -2.20. The van der Waals surface area contributed by atoms with Gasteiger partial charge in [0.2, 0.25) is 0 Å². The summed E-state index contributed by atoms with van der Waals surface area (Å²) < 4.78 is 24.4. The maximum atomic E-state index is 12.5. The standard InChI is InChI=1S/C20H23ClN2O3S2/c1-20(2,3)12-9-10-16(15(21)11-12)22-19(24)23-17-13-7-5-6-8-14(13)18(27-17)28(4,25)26/h6,8-11H,5,7H2,1-4H3,(H2,22,23,24). The summed E-state index contributed by atoms with van der Waals surface area (Å²) in [5, 5.41) is 6.55. The molecule has 0 radical (unpaired) electrons. The molecule has 0 bridgehead atoms. The van der Waals surface area contributed by atoms with Crippen LogP contribution in [0.3, 0.4) is 0 Å². The number of halogens is 1. The first-order valence-electron chi connectivity index (χ1n) is 8.87. The highest BCUT2D eigenvalue weighted by Crippen LogP contribution is 2.40. The highest BCUT2D eigenvalue weighted by atomic mass is 35.5. The molecule has 0 unspecified atom stereocenters. The number of fused-ring (bicyclic) bond motifs is 1. The lowest BCUT2D eigenvalue weighted by molar-refractivity contribution is 0.262. The Hall–Kier alpha value is -1.83. The Labute approximate surface area is 174 Å². The third-order valence-corrected chi connectivity index (χ3v) is 7.83. The lowest BCUT2D eigenvalue weighted by atomic mass is 9.87. The van der Waals surface area contributed by atoms with E-state index >= 15 is 0 Å². The van der Waals surface area contributed by atoms with Crippen molar-refractivity contribution in [1.82, 2.24) is 0 Å². The first-order valence-corrected chi connectivity index (χ1v) is 12.0. The Bertz CT molecular complexity index is 1060. The molecular weight excluding hydrogens is 416 g/mol. The SMILES string of the molecule is CC(C)(C)c1ccc(NC(=O)Nc2sc(S(C)(=O)=O)c3c2CCC=C3)c(Cl)c1. The number of rotatable bonds is 3. The van der Waals surface area contributed by atoms with Crippen LogP contribution in [0.2, 0.25) is 5.02 Å². The summed E-state index contributed by atoms with van der Waals surface area (Å²) in [5.41, 5.74) is 3.07. The van der Waals surface area contributed by atoms with Gasteiger partial charge in [-0.15, -0.1) is 11.3 Å². The molecule has 1 aliphatic carbocycles. The molecule has 150 valence electrons. The Balaban J connectivity index is 1.83. The van der Waals surface area contributed by atoms with E-state index in [1.54, 1.807) is 6.07 Å². The number of sulfone groups is 1. The molecule has 3 rings (SSSR count). The Morgan fingerprint density at radius 2 is 1.93 bits per heavy atom. The molecule has 1 aromatic carbocycles. The third-order valence-electron chi connectivity index (χ3n) is 4.51. The van der Waals surface area contributed by atoms with E-state index in [2.05, 4.69) is 31.4 Å². The van der Waals surface area contributed by atoms with E-state index in [0.717, 1.165) is 28.9 Å². The topological polar surface area (TPSA) is 75.3 Å². The number of thiophene rings is 1. The number of anilines is 2. The van der Waals surface area contributed by atoms with Crippen molar-refractivity contribution in [2.45, 2.75) is 43.2 Å². The third kappa shape index (κ3) is 4.42. The van der Waals surface area contributed by atoms with E-state index in [0.29, 0.717) is 27.7 Å². The number of nitrogens with one attached hydrogen (secondary N) is 2. The van der Waals surface area contributed by atoms with Crippen molar-refractivity contribution < 1.29 is 13.2 Å². The molecule has 0 saturated carbocycles. The number of urea groups is 1. The molecule has 0 atom stereocenters. The molecule has 0 saturated heterocycles. The van der Waals surface area contributed by atoms with Crippen LogP contribution in [0.5, 0.6) is 0 Å². The quantitative estimate of drug-likeness (QED) is 0.644. The van der Waals surface area contributed by atoms with Crippen molar-refractivity contribution in [1.29, 1.82) is 0 Å². The predicted octanol–water partition coefficient (Wildman–Crippen LogP) is 5.71. The molecule has 2 N–H and O–H groups in total. The minimum Gasteiger partial charge on any atom is -0.306 e. The minimum absolute atomic E-state index is 0.0456. The van der Waals surface area contributed by atoms with Gasteiger partial charge in [-0.1, -0.05) is 50.6 Å². The molecule has 1 aromatic heterocycles. The molecule has 0 fully saturated rings. The molecule has 28 heavy (non-hydrogen) atoms. The summed E-state index contributed by atoms with van der Waals surface area (Å²) >= 11 is 7.42. The molecule has 2 aromatic rings. The van der Waals surface area contributed by atoms with Gasteiger partial charge in [0, 0.05) is 11.8 Å². The summed E-state index contributed by atoms with van der Waals surface area (Å²) in [6.45, 7) is 6.27. The molecule has 1 heterocycles. The normalized spacial score (nSPS) is 13.9. The van der Waals surface area contributed by atoms with Crippen LogP contribution in [-0.4, -0.2) is 20.7 Å². The second-order valence-corrected chi connectivity index (χ2v) is 11.5. The number of hydrogen-bond acceptors (Lipinski definition) is 4. The van der Waals surface area contributed by atoms with E-state index in [1.807, 2.05) is 24.3 Å². The summed E-state index contributed by atoms with van der Waals surface area (Å²) in [6, 6.07) is 5.10. The number of allylic oxidation sites excluding steroid dienone is 1. The van der Waals surface area contributed by atoms with Gasteiger partial charge in [-0.05, 0) is 41.5 Å². The van der Waals surface area contributed by atoms with Crippen LogP contribution in [0.25, 0.3) is 6.08 Å². The molecule has 2 amide bonds. The molecule has 1 aliphatic rings. The minimum atomic E-state index is -3.37. The van der Waals surface area contributed by atoms with Crippen molar-refractivity contribution >= 4 is 55.6 Å². The Morgan fingerprint density at radius 1 is 1.21 bits per heavy atom. The van der Waals surface area contributed by atoms with E-state index in [1.165, 1.54) is 6.26 Å². The number of carbonyl (C=O) groups excluding carboxylic acids is 1. The van der Waals surface area contributed by atoms with Crippen LogP contribution in [-0.2, 0) is 21.7 Å². The van der Waals surface area contributed by atoms with Gasteiger partial charge >= 0.3 is 6.03 Å². The summed E-state index contributed by atoms with van der Waals surface area (Å²) in [7, 11) is -3.37. The van der Waals surface area contributed by atoms with Gasteiger partial charge < -0.3 is 5.32 Å². The van der Waals surface area contributed by atoms with Crippen LogP contribution in [0.4, 0.5) is 15.5 Å². The van der Waals surface area contributed by atoms with Crippen LogP contribution in [0, 0.1) is 0 Å². The van der Waals surface area contributed by atoms with Crippen molar-refractivity contribution in [3.05, 3.63) is 46.0 Å². The molecule has 5 nitrogen and oxygen atoms in total. The second-order valence-electron chi connectivity index (χ2n) is 7.85. The Morgan fingerprint density at radius 3 is 2.54 bits per heavy atom. The Kier molecular flexibility index (Phi) is 5.62. The number of carbonyl (C=O) groups is 1. The highest BCUT2D eigenvalue weighted by Gasteiger charge is 2.25. The van der Waals surface area contributed by atoms with Gasteiger partial charge in [0.1, 0.15) is 9.21 Å². The maximum absolute atomic E-state index is 12.5. The highest BCUT2D eigenvalue weighted by molar-refractivity contribution is 7.93. The average molecular weight is 439 g/mol. The van der Waals surface area contributed by atoms with Crippen molar-refractivity contribution in [2.24, 2.45) is 0 Å². The first kappa shape index (κ1) is 20.9. The number of amides is 2. The zero-order valence-electron chi connectivity index (χ0n) is 16.2. The van der Waals surface area contributed by atoms with Gasteiger partial charge in [-0.3, -0.25) is 5.32 Å². The van der Waals surface area contributed by atoms with Crippen molar-refractivity contribution in [2.75, 3.05) is 16.9 Å². The van der Waals surface area contributed by atoms with E-state index < -0.39 is 15.9 Å². The fourth-order valence-electron chi connectivity index (χ4n) is 3.02. The van der Waals surface area contributed by atoms with Gasteiger partial charge in [-0.25, -0.2) is 13.2 Å². The van der Waals surface area contributed by atoms with Gasteiger partial charge in [0.25, 0.3) is 0 Å². The average Bonchev–Trinajstić information content (AvgIpc) is 2.95. The van der Waals surface area contributed by atoms with E-state index in [-0.39, 0.29) is 9.62 Å². The van der Waals surface area contributed by atoms with Crippen LogP contribution < -0.4 is 10.6 Å². The van der Waals surface area contributed by atoms with E-state index in [9.17, 15) is 13.2 Å². The fourth-order valence-corrected chi connectivity index (χ4v) is 5.66. The zero-order valence-corrected chi connectivity index (χ0v) is 18.6. The monoisotopic (exact) mass is 438 g/mol. The van der Waals surface area contributed by atoms with Crippen molar-refractivity contribution in [3.63, 3.8) is 0 Å². The second kappa shape index (κ2) is 7.54. The van der Waals surface area contributed by atoms with Crippen LogP contribution in [0.15, 0.2) is 28.5 Å². The molecule has 0 spiro atoms. The predicted molar refractivity (Wildman–Crippen MR) is 118 cm³/mol. The molecule has 8 heteroatoms. The smallest absolute Gasteiger partial charge is 0.306 e. The summed E-state index contributed by atoms with van der Waals surface area (Å²) in [6.07, 6.45) is 6.45. The van der Waals surface area contributed by atoms with Gasteiger partial charge in [0.15, 0.2) is 9.84 Å². The summed E-state index contributed by atoms with van der Waals surface area (Å²) in [4.78, 5) is 12.5. The van der Waals surface area contributed by atoms with Crippen molar-refractivity contribution in [3.8, 4) is 0 Å². The summed E-state index contributed by atoms with van der Waals surface area (Å²) in [5.74, 6) is 0. The van der Waals surface area contributed by atoms with Gasteiger partial charge in [0.05, 0.1) is 10.7 Å². The lowest BCUT2D eigenvalue weighted by Crippen LogP contribution is -2.20. The van der Waals surface area contributed by atoms with Gasteiger partial charge in [-0.2, -0.15) is 0 Å². The number of hydrogen-bond donors (Lipinski definition) is 2. The molecule has 0 aliphatic heterocycles. The molecular formula is C20H23ClN2O3S2. The fraction of sp³-hybridized carbons (Fsp3) is 0.350. The van der Waals surface area contributed by atoms with E-state index in [4.69, 9.17) is 11.6 Å². The number of benzene rings is 1. The first-order chi connectivity index (χ1) is 13.0. The van der Waals surface area contributed by atoms with Crippen LogP contribution in [0.1, 0.15) is 43.9 Å². The largest absolute Gasteiger partial charge is 0.324 e. The zero-order chi connectivity index (χ0) is 20.7. The maximum Gasteiger partial charge on any atom is 0.324 e.